The number of carbonyl (C=O) groups is 1. The molecule has 2 atom stereocenters. The number of rotatable bonds is 0. The lowest BCUT2D eigenvalue weighted by atomic mass is 9.90. The fraction of sp³-hybridized carbons (Fsp3) is 0.875. The van der Waals surface area contributed by atoms with Crippen molar-refractivity contribution in [3.8, 4) is 0 Å². The van der Waals surface area contributed by atoms with E-state index in [9.17, 15) is 4.79 Å². The lowest BCUT2D eigenvalue weighted by molar-refractivity contribution is -0.130. The molecule has 0 aromatic heterocycles. The molecule has 10 heavy (non-hydrogen) atoms. The zero-order valence-corrected chi connectivity index (χ0v) is 6.34. The monoisotopic (exact) mass is 139 g/mol. The Kier molecular flexibility index (Phi) is 1.22. The van der Waals surface area contributed by atoms with Crippen molar-refractivity contribution in [3.63, 3.8) is 0 Å². The molecule has 0 aromatic carbocycles. The number of likely N-dealkylation sites (tertiary alicyclic amines) is 1. The van der Waals surface area contributed by atoms with Crippen LogP contribution in [0, 0.1) is 5.92 Å². The quantitative estimate of drug-likeness (QED) is 0.490. The van der Waals surface area contributed by atoms with E-state index in [-0.39, 0.29) is 0 Å². The summed E-state index contributed by atoms with van der Waals surface area (Å²) in [6, 6.07) is 0.589. The Balaban J connectivity index is 2.21. The van der Waals surface area contributed by atoms with E-state index >= 15 is 0 Å². The molecule has 2 unspecified atom stereocenters. The first kappa shape index (κ1) is 6.20. The first-order chi connectivity index (χ1) is 4.79. The van der Waals surface area contributed by atoms with Gasteiger partial charge in [-0.3, -0.25) is 4.79 Å². The Morgan fingerprint density at radius 2 is 2.30 bits per heavy atom. The Hall–Kier alpha value is -0.530. The molecule has 0 radical (unpaired) electrons. The number of amides is 1. The maximum Gasteiger partial charge on any atom is 0.225 e. The molecule has 2 fully saturated rings. The topological polar surface area (TPSA) is 20.3 Å². The first-order valence-electron chi connectivity index (χ1n) is 4.05. The molecule has 2 nitrogen and oxygen atoms in total. The predicted octanol–water partition coefficient (Wildman–Crippen LogP) is 1.02. The number of carbonyl (C=O) groups excluding carboxylic acids is 1. The van der Waals surface area contributed by atoms with Crippen molar-refractivity contribution in [1.29, 1.82) is 0 Å². The van der Waals surface area contributed by atoms with E-state index in [4.69, 9.17) is 0 Å². The Labute approximate surface area is 61.2 Å². The fourth-order valence-electron chi connectivity index (χ4n) is 2.21. The molecule has 0 aromatic rings. The number of hydrogen-bond donors (Lipinski definition) is 0. The standard InChI is InChI=1S/C8H13NO/c1-9-7-4-2-3-6(5-7)8(9)10/h6-7H,2-5H2,1H3. The SMILES string of the molecule is CN1C(=O)C2CCCC1C2. The largest absolute Gasteiger partial charge is 0.343 e. The van der Waals surface area contributed by atoms with Crippen LogP contribution in [-0.4, -0.2) is 23.9 Å². The number of nitrogens with zero attached hydrogens (tertiary/aromatic N) is 1. The molecule has 56 valence electrons. The van der Waals surface area contributed by atoms with Gasteiger partial charge < -0.3 is 4.90 Å². The smallest absolute Gasteiger partial charge is 0.225 e. The molecule has 2 heteroatoms. The third-order valence-corrected chi connectivity index (χ3v) is 2.89. The van der Waals surface area contributed by atoms with Crippen molar-refractivity contribution in [1.82, 2.24) is 4.90 Å². The summed E-state index contributed by atoms with van der Waals surface area (Å²) in [5, 5.41) is 0. The van der Waals surface area contributed by atoms with Crippen molar-refractivity contribution < 1.29 is 4.79 Å². The zero-order valence-electron chi connectivity index (χ0n) is 6.34. The highest BCUT2D eigenvalue weighted by molar-refractivity contribution is 5.81. The second-order valence-electron chi connectivity index (χ2n) is 3.47. The first-order valence-corrected chi connectivity index (χ1v) is 4.05. The Morgan fingerprint density at radius 3 is 2.90 bits per heavy atom. The van der Waals surface area contributed by atoms with Crippen LogP contribution in [0.15, 0.2) is 0 Å². The van der Waals surface area contributed by atoms with Crippen molar-refractivity contribution in [2.75, 3.05) is 7.05 Å². The molecule has 1 heterocycles. The molecule has 2 bridgehead atoms. The van der Waals surface area contributed by atoms with E-state index < -0.39 is 0 Å². The van der Waals surface area contributed by atoms with Gasteiger partial charge in [0.1, 0.15) is 0 Å². The van der Waals surface area contributed by atoms with Gasteiger partial charge in [0.25, 0.3) is 0 Å². The molecule has 1 amide bonds. The molecular formula is C8H13NO. The van der Waals surface area contributed by atoms with Crippen LogP contribution >= 0.6 is 0 Å². The summed E-state index contributed by atoms with van der Waals surface area (Å²) in [5.41, 5.74) is 0. The third kappa shape index (κ3) is 0.678. The van der Waals surface area contributed by atoms with Crippen LogP contribution in [0.25, 0.3) is 0 Å². The van der Waals surface area contributed by atoms with E-state index in [0.717, 1.165) is 12.8 Å². The fourth-order valence-corrected chi connectivity index (χ4v) is 2.21. The van der Waals surface area contributed by atoms with E-state index in [1.165, 1.54) is 12.8 Å². The van der Waals surface area contributed by atoms with Gasteiger partial charge in [0, 0.05) is 19.0 Å². The molecule has 2 rings (SSSR count). The summed E-state index contributed by atoms with van der Waals surface area (Å²) in [7, 11) is 1.94. The number of hydrogen-bond acceptors (Lipinski definition) is 1. The van der Waals surface area contributed by atoms with Gasteiger partial charge in [-0.2, -0.15) is 0 Å². The van der Waals surface area contributed by atoms with Gasteiger partial charge in [-0.05, 0) is 19.3 Å². The highest BCUT2D eigenvalue weighted by Crippen LogP contribution is 2.34. The van der Waals surface area contributed by atoms with Crippen LogP contribution in [0.2, 0.25) is 0 Å². The summed E-state index contributed by atoms with van der Waals surface area (Å²) >= 11 is 0. The van der Waals surface area contributed by atoms with Gasteiger partial charge in [-0.1, -0.05) is 6.42 Å². The normalized spacial score (nSPS) is 38.9. The van der Waals surface area contributed by atoms with Gasteiger partial charge in [0.2, 0.25) is 5.91 Å². The van der Waals surface area contributed by atoms with Crippen LogP contribution in [-0.2, 0) is 4.79 Å². The van der Waals surface area contributed by atoms with Gasteiger partial charge in [0.15, 0.2) is 0 Å². The average molecular weight is 139 g/mol. The molecule has 1 saturated heterocycles. The lowest BCUT2D eigenvalue weighted by Gasteiger charge is -2.19. The zero-order chi connectivity index (χ0) is 7.14. The second kappa shape index (κ2) is 1.97. The van der Waals surface area contributed by atoms with Crippen LogP contribution in [0.1, 0.15) is 25.7 Å². The van der Waals surface area contributed by atoms with Crippen molar-refractivity contribution in [2.45, 2.75) is 31.7 Å². The minimum atomic E-state index is 0.391. The van der Waals surface area contributed by atoms with Crippen LogP contribution in [0.3, 0.4) is 0 Å². The van der Waals surface area contributed by atoms with Crippen LogP contribution in [0.5, 0.6) is 0 Å². The van der Waals surface area contributed by atoms with Crippen LogP contribution < -0.4 is 0 Å². The molecule has 0 spiro atoms. The molecule has 0 N–H and O–H groups in total. The third-order valence-electron chi connectivity index (χ3n) is 2.89. The molecule has 1 aliphatic heterocycles. The van der Waals surface area contributed by atoms with Gasteiger partial charge in [-0.25, -0.2) is 0 Å². The summed E-state index contributed by atoms with van der Waals surface area (Å²) in [5.74, 6) is 0.784. The summed E-state index contributed by atoms with van der Waals surface area (Å²) in [4.78, 5) is 13.3. The molecule has 1 saturated carbocycles. The van der Waals surface area contributed by atoms with Gasteiger partial charge in [0.05, 0.1) is 0 Å². The summed E-state index contributed by atoms with van der Waals surface area (Å²) in [6.45, 7) is 0. The highest BCUT2D eigenvalue weighted by Gasteiger charge is 2.39. The maximum absolute atomic E-state index is 11.3. The second-order valence-corrected chi connectivity index (χ2v) is 3.47. The average Bonchev–Trinajstić information content (AvgIpc) is 2.17. The summed E-state index contributed by atoms with van der Waals surface area (Å²) < 4.78 is 0. The van der Waals surface area contributed by atoms with E-state index in [1.54, 1.807) is 0 Å². The minimum absolute atomic E-state index is 0.391. The van der Waals surface area contributed by atoms with E-state index in [1.807, 2.05) is 11.9 Å². The molecule has 2 aliphatic rings. The minimum Gasteiger partial charge on any atom is -0.343 e. The number of fused-ring (bicyclic) bond motifs is 2. The summed E-state index contributed by atoms with van der Waals surface area (Å²) in [6.07, 6.45) is 4.76. The highest BCUT2D eigenvalue weighted by atomic mass is 16.2. The van der Waals surface area contributed by atoms with Gasteiger partial charge >= 0.3 is 0 Å². The molecule has 1 aliphatic carbocycles. The van der Waals surface area contributed by atoms with Crippen molar-refractivity contribution in [3.05, 3.63) is 0 Å². The van der Waals surface area contributed by atoms with Crippen molar-refractivity contribution >= 4 is 5.91 Å². The lowest BCUT2D eigenvalue weighted by Crippen LogP contribution is -2.27. The molecular weight excluding hydrogens is 126 g/mol. The Bertz CT molecular complexity index is 163. The van der Waals surface area contributed by atoms with Gasteiger partial charge in [-0.15, -0.1) is 0 Å². The van der Waals surface area contributed by atoms with E-state index in [0.29, 0.717) is 17.9 Å². The van der Waals surface area contributed by atoms with Crippen molar-refractivity contribution in [2.24, 2.45) is 5.92 Å². The predicted molar refractivity (Wildman–Crippen MR) is 38.5 cm³/mol. The Morgan fingerprint density at radius 1 is 1.50 bits per heavy atom. The van der Waals surface area contributed by atoms with E-state index in [2.05, 4.69) is 0 Å². The maximum atomic E-state index is 11.3. The van der Waals surface area contributed by atoms with Crippen LogP contribution in [0.4, 0.5) is 0 Å².